The summed E-state index contributed by atoms with van der Waals surface area (Å²) in [6.45, 7) is 2.29. The molecular weight excluding hydrogens is 264 g/mol. The van der Waals surface area contributed by atoms with Crippen molar-refractivity contribution in [3.8, 4) is 0 Å². The highest BCUT2D eigenvalue weighted by atomic mass is 32.2. The summed E-state index contributed by atoms with van der Waals surface area (Å²) in [6, 6.07) is 7.14. The lowest BCUT2D eigenvalue weighted by Crippen LogP contribution is -2.14. The largest absolute Gasteiger partial charge is 0.465 e. The minimum atomic E-state index is -0.991. The molecule has 0 amide bonds. The average molecular weight is 284 g/mol. The zero-order chi connectivity index (χ0) is 14.3. The van der Waals surface area contributed by atoms with Crippen molar-refractivity contribution in [2.45, 2.75) is 30.8 Å². The first-order valence-corrected chi connectivity index (χ1v) is 7.69. The van der Waals surface area contributed by atoms with Crippen LogP contribution in [0.5, 0.6) is 0 Å². The molecule has 2 atom stereocenters. The summed E-state index contributed by atoms with van der Waals surface area (Å²) in [5.41, 5.74) is 0.860. The predicted molar refractivity (Wildman–Crippen MR) is 74.5 cm³/mol. The van der Waals surface area contributed by atoms with E-state index in [1.165, 1.54) is 0 Å². The lowest BCUT2D eigenvalue weighted by Gasteiger charge is -2.09. The van der Waals surface area contributed by atoms with E-state index in [1.54, 1.807) is 37.6 Å². The molecule has 106 valence electrons. The lowest BCUT2D eigenvalue weighted by atomic mass is 10.1. The number of rotatable bonds is 7. The van der Waals surface area contributed by atoms with Crippen LogP contribution in [0, 0.1) is 0 Å². The van der Waals surface area contributed by atoms with E-state index in [0.29, 0.717) is 13.0 Å². The maximum atomic E-state index is 11.6. The molecule has 0 fully saturated rings. The van der Waals surface area contributed by atoms with Crippen LogP contribution in [-0.2, 0) is 31.5 Å². The van der Waals surface area contributed by atoms with Gasteiger partial charge in [0.1, 0.15) is 0 Å². The number of carbonyl (C=O) groups excluding carboxylic acids is 1. The SMILES string of the molecule is CO[C@@H](C)CCOC(=O)Cc1ccc([S@@](C)=O)cc1. The highest BCUT2D eigenvalue weighted by Gasteiger charge is 2.07. The first-order chi connectivity index (χ1) is 9.02. The molecule has 0 N–H and O–H groups in total. The topological polar surface area (TPSA) is 52.6 Å². The predicted octanol–water partition coefficient (Wildman–Crippen LogP) is 1.93. The molecule has 5 heteroatoms. The fourth-order valence-corrected chi connectivity index (χ4v) is 1.99. The van der Waals surface area contributed by atoms with Gasteiger partial charge in [0, 0.05) is 35.5 Å². The Hall–Kier alpha value is -1.20. The van der Waals surface area contributed by atoms with E-state index >= 15 is 0 Å². The fourth-order valence-electron chi connectivity index (χ4n) is 1.47. The summed E-state index contributed by atoms with van der Waals surface area (Å²) in [6.07, 6.45) is 2.64. The summed E-state index contributed by atoms with van der Waals surface area (Å²) < 4.78 is 21.4. The molecule has 0 aliphatic rings. The molecule has 0 aromatic heterocycles. The van der Waals surface area contributed by atoms with E-state index in [4.69, 9.17) is 9.47 Å². The van der Waals surface area contributed by atoms with Gasteiger partial charge in [0.15, 0.2) is 0 Å². The number of hydrogen-bond acceptors (Lipinski definition) is 4. The van der Waals surface area contributed by atoms with Crippen molar-refractivity contribution in [2.75, 3.05) is 20.0 Å². The monoisotopic (exact) mass is 284 g/mol. The second kappa shape index (κ2) is 8.07. The van der Waals surface area contributed by atoms with E-state index in [1.807, 2.05) is 6.92 Å². The smallest absolute Gasteiger partial charge is 0.310 e. The third-order valence-electron chi connectivity index (χ3n) is 2.79. The lowest BCUT2D eigenvalue weighted by molar-refractivity contribution is -0.143. The molecular formula is C14H20O4S. The number of methoxy groups -OCH3 is 1. The average Bonchev–Trinajstić information content (AvgIpc) is 2.39. The van der Waals surface area contributed by atoms with Crippen LogP contribution < -0.4 is 0 Å². The molecule has 19 heavy (non-hydrogen) atoms. The summed E-state index contributed by atoms with van der Waals surface area (Å²) in [4.78, 5) is 12.3. The van der Waals surface area contributed by atoms with Gasteiger partial charge in [-0.3, -0.25) is 9.00 Å². The minimum absolute atomic E-state index is 0.0895. The molecule has 0 heterocycles. The molecule has 1 aromatic rings. The molecule has 0 unspecified atom stereocenters. The zero-order valence-electron chi connectivity index (χ0n) is 11.5. The first-order valence-electron chi connectivity index (χ1n) is 6.13. The van der Waals surface area contributed by atoms with Gasteiger partial charge in [0.2, 0.25) is 0 Å². The highest BCUT2D eigenvalue weighted by molar-refractivity contribution is 7.84. The van der Waals surface area contributed by atoms with Gasteiger partial charge in [0.25, 0.3) is 0 Å². The molecule has 1 rings (SSSR count). The van der Waals surface area contributed by atoms with Gasteiger partial charge in [-0.25, -0.2) is 0 Å². The Bertz CT molecular complexity index is 428. The molecule has 0 radical (unpaired) electrons. The third-order valence-corrected chi connectivity index (χ3v) is 3.73. The molecule has 1 aromatic carbocycles. The Morgan fingerprint density at radius 1 is 1.32 bits per heavy atom. The Labute approximate surface area is 116 Å². The summed E-state index contributed by atoms with van der Waals surface area (Å²) in [5, 5.41) is 0. The van der Waals surface area contributed by atoms with Crippen molar-refractivity contribution >= 4 is 16.8 Å². The van der Waals surface area contributed by atoms with Crippen molar-refractivity contribution in [1.29, 1.82) is 0 Å². The van der Waals surface area contributed by atoms with E-state index < -0.39 is 10.8 Å². The molecule has 0 aliphatic carbocycles. The Kier molecular flexibility index (Phi) is 6.73. The Balaban J connectivity index is 2.38. The van der Waals surface area contributed by atoms with E-state index in [-0.39, 0.29) is 18.5 Å². The molecule has 0 spiro atoms. The quantitative estimate of drug-likeness (QED) is 0.718. The van der Waals surface area contributed by atoms with Gasteiger partial charge in [0.05, 0.1) is 19.1 Å². The second-order valence-electron chi connectivity index (χ2n) is 4.33. The van der Waals surface area contributed by atoms with Crippen molar-refractivity contribution in [1.82, 2.24) is 0 Å². The zero-order valence-corrected chi connectivity index (χ0v) is 12.4. The summed E-state index contributed by atoms with van der Waals surface area (Å²) in [5.74, 6) is -0.256. The van der Waals surface area contributed by atoms with E-state index in [0.717, 1.165) is 10.5 Å². The minimum Gasteiger partial charge on any atom is -0.465 e. The Morgan fingerprint density at radius 3 is 2.47 bits per heavy atom. The van der Waals surface area contributed by atoms with Crippen molar-refractivity contribution < 1.29 is 18.5 Å². The first kappa shape index (κ1) is 15.9. The van der Waals surface area contributed by atoms with Crippen molar-refractivity contribution in [3.63, 3.8) is 0 Å². The van der Waals surface area contributed by atoms with Crippen LogP contribution in [0.1, 0.15) is 18.9 Å². The molecule has 4 nitrogen and oxygen atoms in total. The van der Waals surface area contributed by atoms with Crippen LogP contribution in [-0.4, -0.2) is 36.3 Å². The van der Waals surface area contributed by atoms with Crippen LogP contribution in [0.25, 0.3) is 0 Å². The summed E-state index contributed by atoms with van der Waals surface area (Å²) >= 11 is 0. The fraction of sp³-hybridized carbons (Fsp3) is 0.500. The third kappa shape index (κ3) is 5.98. The molecule has 0 saturated heterocycles. The van der Waals surface area contributed by atoms with Crippen LogP contribution >= 0.6 is 0 Å². The van der Waals surface area contributed by atoms with Crippen molar-refractivity contribution in [3.05, 3.63) is 29.8 Å². The van der Waals surface area contributed by atoms with Gasteiger partial charge in [-0.1, -0.05) is 12.1 Å². The van der Waals surface area contributed by atoms with Crippen LogP contribution in [0.15, 0.2) is 29.2 Å². The number of esters is 1. The van der Waals surface area contributed by atoms with Crippen LogP contribution in [0.2, 0.25) is 0 Å². The van der Waals surface area contributed by atoms with Gasteiger partial charge < -0.3 is 9.47 Å². The molecule has 0 aliphatic heterocycles. The van der Waals surface area contributed by atoms with E-state index in [9.17, 15) is 9.00 Å². The maximum absolute atomic E-state index is 11.6. The normalized spacial score (nSPS) is 13.8. The van der Waals surface area contributed by atoms with Crippen LogP contribution in [0.3, 0.4) is 0 Å². The molecule has 0 saturated carbocycles. The molecule has 0 bridgehead atoms. The Morgan fingerprint density at radius 2 is 1.95 bits per heavy atom. The number of hydrogen-bond donors (Lipinski definition) is 0. The van der Waals surface area contributed by atoms with E-state index in [2.05, 4.69) is 0 Å². The standard InChI is InChI=1S/C14H20O4S/c1-11(17-2)8-9-18-14(15)10-12-4-6-13(7-5-12)19(3)16/h4-7,11H,8-10H2,1-3H3/t11-,19+/m0/s1. The number of ether oxygens (including phenoxy) is 2. The summed E-state index contributed by atoms with van der Waals surface area (Å²) in [7, 11) is 0.639. The van der Waals surface area contributed by atoms with Gasteiger partial charge in [-0.05, 0) is 24.6 Å². The van der Waals surface area contributed by atoms with Gasteiger partial charge >= 0.3 is 5.97 Å². The van der Waals surface area contributed by atoms with Crippen LogP contribution in [0.4, 0.5) is 0 Å². The second-order valence-corrected chi connectivity index (χ2v) is 5.71. The van der Waals surface area contributed by atoms with Gasteiger partial charge in [-0.15, -0.1) is 0 Å². The number of benzene rings is 1. The number of carbonyl (C=O) groups is 1. The van der Waals surface area contributed by atoms with Crippen molar-refractivity contribution in [2.24, 2.45) is 0 Å². The maximum Gasteiger partial charge on any atom is 0.310 e. The van der Waals surface area contributed by atoms with Gasteiger partial charge in [-0.2, -0.15) is 0 Å². The highest BCUT2D eigenvalue weighted by Crippen LogP contribution is 2.09.